The summed E-state index contributed by atoms with van der Waals surface area (Å²) in [6.07, 6.45) is 1.91. The van der Waals surface area contributed by atoms with Gasteiger partial charge in [-0.1, -0.05) is 5.16 Å². The summed E-state index contributed by atoms with van der Waals surface area (Å²) in [4.78, 5) is 42.8. The molecule has 9 heteroatoms. The van der Waals surface area contributed by atoms with Crippen molar-refractivity contribution in [2.45, 2.75) is 46.1 Å². The Bertz CT molecular complexity index is 438. The van der Waals surface area contributed by atoms with Gasteiger partial charge >= 0.3 is 17.9 Å². The molecule has 0 heterocycles. The molecule has 0 saturated carbocycles. The number of likely N-dealkylation sites (N-methyl/N-ethyl adjacent to an activating group) is 1. The van der Waals surface area contributed by atoms with E-state index in [9.17, 15) is 14.4 Å². The van der Waals surface area contributed by atoms with Gasteiger partial charge in [-0.3, -0.25) is 9.59 Å². The predicted molar refractivity (Wildman–Crippen MR) is 82.1 cm³/mol. The molecule has 0 aromatic heterocycles. The molecule has 0 saturated heterocycles. The Morgan fingerprint density at radius 2 is 1.78 bits per heavy atom. The third-order valence-corrected chi connectivity index (χ3v) is 2.84. The SMILES string of the molecule is CN[C@@H](CCCCN(OC(C)=O)/C(C)=N\OC(C)=O)C(=O)OC. The number of nitrogens with one attached hydrogen (secondary N) is 1. The molecular weight excluding hydrogens is 306 g/mol. The Hall–Kier alpha value is -2.16. The molecule has 23 heavy (non-hydrogen) atoms. The molecule has 0 aromatic carbocycles. The van der Waals surface area contributed by atoms with E-state index in [-0.39, 0.29) is 17.8 Å². The largest absolute Gasteiger partial charge is 0.468 e. The molecule has 1 N–H and O–H groups in total. The van der Waals surface area contributed by atoms with Crippen molar-refractivity contribution in [3.63, 3.8) is 0 Å². The maximum atomic E-state index is 11.4. The third-order valence-electron chi connectivity index (χ3n) is 2.84. The molecule has 1 atom stereocenters. The Balaban J connectivity index is 4.45. The van der Waals surface area contributed by atoms with Crippen LogP contribution >= 0.6 is 0 Å². The molecule has 132 valence electrons. The Labute approximate surface area is 135 Å². The fraction of sp³-hybridized carbons (Fsp3) is 0.714. The van der Waals surface area contributed by atoms with E-state index in [1.165, 1.54) is 26.0 Å². The van der Waals surface area contributed by atoms with Gasteiger partial charge in [-0.15, -0.1) is 0 Å². The molecule has 0 unspecified atom stereocenters. The number of rotatable bonds is 8. The van der Waals surface area contributed by atoms with Crippen molar-refractivity contribution in [3.05, 3.63) is 0 Å². The van der Waals surface area contributed by atoms with Crippen molar-refractivity contribution >= 4 is 23.7 Å². The Morgan fingerprint density at radius 3 is 2.26 bits per heavy atom. The fourth-order valence-corrected chi connectivity index (χ4v) is 1.73. The van der Waals surface area contributed by atoms with Crippen LogP contribution in [0.1, 0.15) is 40.0 Å². The highest BCUT2D eigenvalue weighted by Gasteiger charge is 2.17. The van der Waals surface area contributed by atoms with E-state index in [2.05, 4.69) is 20.0 Å². The number of amidine groups is 1. The van der Waals surface area contributed by atoms with Crippen molar-refractivity contribution in [3.8, 4) is 0 Å². The predicted octanol–water partition coefficient (Wildman–Crippen LogP) is 0.594. The van der Waals surface area contributed by atoms with E-state index < -0.39 is 11.9 Å². The second-order valence-electron chi connectivity index (χ2n) is 4.77. The number of esters is 1. The minimum Gasteiger partial charge on any atom is -0.468 e. The maximum absolute atomic E-state index is 11.4. The molecule has 9 nitrogen and oxygen atoms in total. The average Bonchev–Trinajstić information content (AvgIpc) is 2.50. The smallest absolute Gasteiger partial charge is 0.332 e. The molecule has 0 aliphatic heterocycles. The monoisotopic (exact) mass is 331 g/mol. The number of hydrogen-bond acceptors (Lipinski definition) is 8. The van der Waals surface area contributed by atoms with E-state index in [1.807, 2.05) is 0 Å². The molecule has 0 aliphatic carbocycles. The normalized spacial score (nSPS) is 12.3. The molecule has 0 radical (unpaired) electrons. The highest BCUT2D eigenvalue weighted by atomic mass is 16.7. The Morgan fingerprint density at radius 1 is 1.13 bits per heavy atom. The number of carbonyl (C=O) groups excluding carboxylic acids is 3. The van der Waals surface area contributed by atoms with Crippen molar-refractivity contribution < 1.29 is 28.8 Å². The van der Waals surface area contributed by atoms with Gasteiger partial charge < -0.3 is 19.7 Å². The summed E-state index contributed by atoms with van der Waals surface area (Å²) in [5, 5.41) is 7.70. The lowest BCUT2D eigenvalue weighted by atomic mass is 10.1. The summed E-state index contributed by atoms with van der Waals surface area (Å²) in [6.45, 7) is 4.39. The van der Waals surface area contributed by atoms with Crippen LogP contribution in [0.5, 0.6) is 0 Å². The lowest BCUT2D eigenvalue weighted by molar-refractivity contribution is -0.170. The van der Waals surface area contributed by atoms with Crippen molar-refractivity contribution in [2.24, 2.45) is 5.16 Å². The molecule has 0 aromatic rings. The van der Waals surface area contributed by atoms with Crippen LogP contribution in [-0.4, -0.2) is 55.6 Å². The van der Waals surface area contributed by atoms with E-state index >= 15 is 0 Å². The lowest BCUT2D eigenvalue weighted by Crippen LogP contribution is -2.35. The van der Waals surface area contributed by atoms with E-state index in [1.54, 1.807) is 14.0 Å². The van der Waals surface area contributed by atoms with Crippen LogP contribution < -0.4 is 5.32 Å². The van der Waals surface area contributed by atoms with Gasteiger partial charge in [0.05, 0.1) is 13.7 Å². The number of ether oxygens (including phenoxy) is 1. The first-order valence-corrected chi connectivity index (χ1v) is 7.25. The summed E-state index contributed by atoms with van der Waals surface area (Å²) in [7, 11) is 3.02. The van der Waals surface area contributed by atoms with E-state index in [4.69, 9.17) is 4.84 Å². The van der Waals surface area contributed by atoms with Crippen molar-refractivity contribution in [1.82, 2.24) is 10.4 Å². The van der Waals surface area contributed by atoms with Crippen LogP contribution in [0.4, 0.5) is 0 Å². The highest BCUT2D eigenvalue weighted by molar-refractivity contribution is 5.80. The molecule has 0 fully saturated rings. The summed E-state index contributed by atoms with van der Waals surface area (Å²) in [5.41, 5.74) is 0. The molecule has 0 aliphatic rings. The van der Waals surface area contributed by atoms with Crippen LogP contribution in [-0.2, 0) is 28.8 Å². The first-order chi connectivity index (χ1) is 10.8. The zero-order valence-electron chi connectivity index (χ0n) is 14.2. The minimum absolute atomic E-state index is 0.244. The number of oxime groups is 1. The number of methoxy groups -OCH3 is 1. The lowest BCUT2D eigenvalue weighted by Gasteiger charge is -2.21. The second-order valence-corrected chi connectivity index (χ2v) is 4.77. The van der Waals surface area contributed by atoms with Crippen LogP contribution in [0.2, 0.25) is 0 Å². The standard InChI is InChI=1S/C14H25N3O6/c1-10(16-22-11(2)18)17(23-12(3)19)9-7-6-8-13(15-4)14(20)21-5/h13,15H,6-9H2,1-5H3/b16-10-/t13-/m0/s1. The zero-order valence-corrected chi connectivity index (χ0v) is 14.2. The van der Waals surface area contributed by atoms with Gasteiger partial charge in [0.25, 0.3) is 0 Å². The number of hydroxylamine groups is 2. The van der Waals surface area contributed by atoms with Gasteiger partial charge in [0.1, 0.15) is 6.04 Å². The average molecular weight is 331 g/mol. The van der Waals surface area contributed by atoms with E-state index in [0.717, 1.165) is 0 Å². The van der Waals surface area contributed by atoms with Gasteiger partial charge in [-0.05, 0) is 26.3 Å². The zero-order chi connectivity index (χ0) is 17.8. The van der Waals surface area contributed by atoms with Gasteiger partial charge in [-0.2, -0.15) is 5.06 Å². The quantitative estimate of drug-likeness (QED) is 0.172. The number of carbonyl (C=O) groups is 3. The van der Waals surface area contributed by atoms with Crippen LogP contribution in [0.15, 0.2) is 5.16 Å². The first kappa shape index (κ1) is 20.8. The van der Waals surface area contributed by atoms with Crippen molar-refractivity contribution in [2.75, 3.05) is 20.7 Å². The summed E-state index contributed by atoms with van der Waals surface area (Å²) in [5.74, 6) is -1.16. The van der Waals surface area contributed by atoms with E-state index in [0.29, 0.717) is 25.8 Å². The third kappa shape index (κ3) is 9.46. The number of unbranched alkanes of at least 4 members (excludes halogenated alkanes) is 1. The topological polar surface area (TPSA) is 107 Å². The molecule has 0 spiro atoms. The summed E-state index contributed by atoms with van der Waals surface area (Å²) >= 11 is 0. The van der Waals surface area contributed by atoms with Gasteiger partial charge in [0.2, 0.25) is 0 Å². The molecule has 0 amide bonds. The molecular formula is C14H25N3O6. The molecule has 0 bridgehead atoms. The van der Waals surface area contributed by atoms with Gasteiger partial charge in [0, 0.05) is 20.8 Å². The Kier molecular flexibility index (Phi) is 10.3. The molecule has 0 rings (SSSR count). The summed E-state index contributed by atoms with van der Waals surface area (Å²) in [6, 6.07) is -0.377. The van der Waals surface area contributed by atoms with Gasteiger partial charge in [-0.25, -0.2) is 4.79 Å². The van der Waals surface area contributed by atoms with Crippen LogP contribution in [0, 0.1) is 0 Å². The number of hydrogen-bond donors (Lipinski definition) is 1. The first-order valence-electron chi connectivity index (χ1n) is 7.25. The maximum Gasteiger partial charge on any atom is 0.332 e. The van der Waals surface area contributed by atoms with Crippen LogP contribution in [0.25, 0.3) is 0 Å². The fourth-order valence-electron chi connectivity index (χ4n) is 1.73. The minimum atomic E-state index is -0.568. The van der Waals surface area contributed by atoms with Crippen LogP contribution in [0.3, 0.4) is 0 Å². The van der Waals surface area contributed by atoms with Crippen molar-refractivity contribution in [1.29, 1.82) is 0 Å². The second kappa shape index (κ2) is 11.4. The van der Waals surface area contributed by atoms with Gasteiger partial charge in [0.15, 0.2) is 5.84 Å². The number of nitrogens with zero attached hydrogens (tertiary/aromatic N) is 2. The summed E-state index contributed by atoms with van der Waals surface area (Å²) < 4.78 is 4.68. The highest BCUT2D eigenvalue weighted by Crippen LogP contribution is 2.06.